The molecular formula is C8H12N2O2S. The Morgan fingerprint density at radius 1 is 1.62 bits per heavy atom. The topological polar surface area (TPSA) is 62.2 Å². The molecule has 0 spiro atoms. The Kier molecular flexibility index (Phi) is 2.68. The lowest BCUT2D eigenvalue weighted by molar-refractivity contribution is 0.0708. The first-order valence-corrected chi connectivity index (χ1v) is 4.73. The SMILES string of the molecule is CC(C)(C)c1ncsc1C(=O)NO. The molecule has 0 fully saturated rings. The Hall–Kier alpha value is -0.940. The van der Waals surface area contributed by atoms with E-state index in [0.29, 0.717) is 10.6 Å². The molecule has 0 unspecified atom stereocenters. The van der Waals surface area contributed by atoms with Gasteiger partial charge in [-0.15, -0.1) is 11.3 Å². The molecule has 5 heteroatoms. The number of hydroxylamine groups is 1. The minimum Gasteiger partial charge on any atom is -0.288 e. The second-order valence-electron chi connectivity index (χ2n) is 3.72. The van der Waals surface area contributed by atoms with Crippen LogP contribution >= 0.6 is 11.3 Å². The molecule has 1 amide bonds. The molecule has 1 rings (SSSR count). The second-order valence-corrected chi connectivity index (χ2v) is 4.58. The first kappa shape index (κ1) is 10.1. The second kappa shape index (κ2) is 3.43. The van der Waals surface area contributed by atoms with Crippen LogP contribution in [0.3, 0.4) is 0 Å². The van der Waals surface area contributed by atoms with E-state index in [0.717, 1.165) is 0 Å². The summed E-state index contributed by atoms with van der Waals surface area (Å²) in [7, 11) is 0. The van der Waals surface area contributed by atoms with Crippen LogP contribution < -0.4 is 5.48 Å². The molecule has 0 bridgehead atoms. The van der Waals surface area contributed by atoms with E-state index < -0.39 is 5.91 Å². The molecule has 72 valence electrons. The van der Waals surface area contributed by atoms with E-state index in [2.05, 4.69) is 4.98 Å². The van der Waals surface area contributed by atoms with Gasteiger partial charge < -0.3 is 0 Å². The summed E-state index contributed by atoms with van der Waals surface area (Å²) in [6.45, 7) is 5.91. The standard InChI is InChI=1S/C8H12N2O2S/c1-8(2,3)6-5(7(11)10-12)13-4-9-6/h4,12H,1-3H3,(H,10,11). The average Bonchev–Trinajstić information content (AvgIpc) is 2.49. The minimum atomic E-state index is -0.493. The van der Waals surface area contributed by atoms with Gasteiger partial charge in [0.2, 0.25) is 0 Å². The van der Waals surface area contributed by atoms with Gasteiger partial charge in [0.15, 0.2) is 0 Å². The minimum absolute atomic E-state index is 0.179. The molecule has 0 aliphatic heterocycles. The summed E-state index contributed by atoms with van der Waals surface area (Å²) < 4.78 is 0. The van der Waals surface area contributed by atoms with Gasteiger partial charge in [0, 0.05) is 5.41 Å². The molecule has 0 aliphatic rings. The number of amides is 1. The zero-order valence-electron chi connectivity index (χ0n) is 7.79. The lowest BCUT2D eigenvalue weighted by Crippen LogP contribution is -2.23. The maximum absolute atomic E-state index is 11.2. The van der Waals surface area contributed by atoms with Crippen molar-refractivity contribution < 1.29 is 10.0 Å². The van der Waals surface area contributed by atoms with Crippen molar-refractivity contribution in [2.24, 2.45) is 0 Å². The molecule has 1 aromatic rings. The average molecular weight is 200 g/mol. The van der Waals surface area contributed by atoms with Crippen LogP contribution in [0.5, 0.6) is 0 Å². The molecule has 0 saturated carbocycles. The van der Waals surface area contributed by atoms with E-state index in [9.17, 15) is 4.79 Å². The number of hydrogen-bond acceptors (Lipinski definition) is 4. The maximum Gasteiger partial charge on any atom is 0.286 e. The predicted octanol–water partition coefficient (Wildman–Crippen LogP) is 1.56. The van der Waals surface area contributed by atoms with Crippen LogP contribution in [-0.2, 0) is 5.41 Å². The van der Waals surface area contributed by atoms with Crippen LogP contribution in [0, 0.1) is 0 Å². The third-order valence-electron chi connectivity index (χ3n) is 1.59. The normalized spacial score (nSPS) is 11.4. The highest BCUT2D eigenvalue weighted by molar-refractivity contribution is 7.11. The number of rotatable bonds is 1. The van der Waals surface area contributed by atoms with Gasteiger partial charge in [-0.2, -0.15) is 0 Å². The van der Waals surface area contributed by atoms with Crippen molar-refractivity contribution in [2.45, 2.75) is 26.2 Å². The van der Waals surface area contributed by atoms with Gasteiger partial charge >= 0.3 is 0 Å². The largest absolute Gasteiger partial charge is 0.288 e. The summed E-state index contributed by atoms with van der Waals surface area (Å²) >= 11 is 1.23. The molecular weight excluding hydrogens is 188 g/mol. The molecule has 4 nitrogen and oxygen atoms in total. The Morgan fingerprint density at radius 2 is 2.23 bits per heavy atom. The van der Waals surface area contributed by atoms with Crippen molar-refractivity contribution in [3.05, 3.63) is 16.1 Å². The first-order valence-electron chi connectivity index (χ1n) is 3.85. The molecule has 1 aromatic heterocycles. The number of hydrogen-bond donors (Lipinski definition) is 2. The van der Waals surface area contributed by atoms with Gasteiger partial charge in [0.1, 0.15) is 4.88 Å². The molecule has 0 saturated heterocycles. The van der Waals surface area contributed by atoms with E-state index in [1.807, 2.05) is 20.8 Å². The Labute approximate surface area is 80.6 Å². The molecule has 0 aromatic carbocycles. The fourth-order valence-corrected chi connectivity index (χ4v) is 1.88. The fraction of sp³-hybridized carbons (Fsp3) is 0.500. The van der Waals surface area contributed by atoms with Crippen molar-refractivity contribution in [1.29, 1.82) is 0 Å². The van der Waals surface area contributed by atoms with Crippen LogP contribution in [0.1, 0.15) is 36.1 Å². The zero-order valence-corrected chi connectivity index (χ0v) is 8.60. The fourth-order valence-electron chi connectivity index (χ4n) is 0.992. The van der Waals surface area contributed by atoms with Crippen LogP contribution in [0.2, 0.25) is 0 Å². The van der Waals surface area contributed by atoms with Crippen LogP contribution in [0.15, 0.2) is 5.51 Å². The molecule has 1 heterocycles. The van der Waals surface area contributed by atoms with Gasteiger partial charge in [-0.05, 0) is 0 Å². The van der Waals surface area contributed by atoms with E-state index in [4.69, 9.17) is 5.21 Å². The zero-order chi connectivity index (χ0) is 10.1. The molecule has 0 aliphatic carbocycles. The lowest BCUT2D eigenvalue weighted by atomic mass is 9.91. The summed E-state index contributed by atoms with van der Waals surface area (Å²) in [5.41, 5.74) is 3.75. The molecule has 0 radical (unpaired) electrons. The highest BCUT2D eigenvalue weighted by Gasteiger charge is 2.24. The van der Waals surface area contributed by atoms with Crippen LogP contribution in [0.25, 0.3) is 0 Å². The van der Waals surface area contributed by atoms with Crippen molar-refractivity contribution in [3.8, 4) is 0 Å². The van der Waals surface area contributed by atoms with Gasteiger partial charge in [-0.3, -0.25) is 10.0 Å². The maximum atomic E-state index is 11.2. The Balaban J connectivity index is 3.10. The quantitative estimate of drug-likeness (QED) is 0.534. The summed E-state index contributed by atoms with van der Waals surface area (Å²) in [6.07, 6.45) is 0. The highest BCUT2D eigenvalue weighted by atomic mass is 32.1. The van der Waals surface area contributed by atoms with Crippen molar-refractivity contribution >= 4 is 17.2 Å². The number of nitrogens with zero attached hydrogens (tertiary/aromatic N) is 1. The van der Waals surface area contributed by atoms with Crippen molar-refractivity contribution in [3.63, 3.8) is 0 Å². The summed E-state index contributed by atoms with van der Waals surface area (Å²) in [5, 5.41) is 8.48. The molecule has 0 atom stereocenters. The lowest BCUT2D eigenvalue weighted by Gasteiger charge is -2.16. The highest BCUT2D eigenvalue weighted by Crippen LogP contribution is 2.26. The number of carbonyl (C=O) groups is 1. The predicted molar refractivity (Wildman–Crippen MR) is 50.1 cm³/mol. The number of aromatic nitrogens is 1. The van der Waals surface area contributed by atoms with E-state index in [-0.39, 0.29) is 5.41 Å². The molecule has 2 N–H and O–H groups in total. The molecule has 13 heavy (non-hydrogen) atoms. The summed E-state index contributed by atoms with van der Waals surface area (Å²) in [5.74, 6) is -0.493. The van der Waals surface area contributed by atoms with Gasteiger partial charge in [0.05, 0.1) is 11.2 Å². The Morgan fingerprint density at radius 3 is 2.69 bits per heavy atom. The van der Waals surface area contributed by atoms with Gasteiger partial charge in [-0.1, -0.05) is 20.8 Å². The number of nitrogens with one attached hydrogen (secondary N) is 1. The van der Waals surface area contributed by atoms with Gasteiger partial charge in [-0.25, -0.2) is 10.5 Å². The van der Waals surface area contributed by atoms with Crippen molar-refractivity contribution in [1.82, 2.24) is 10.5 Å². The smallest absolute Gasteiger partial charge is 0.286 e. The van der Waals surface area contributed by atoms with E-state index >= 15 is 0 Å². The van der Waals surface area contributed by atoms with E-state index in [1.54, 1.807) is 11.0 Å². The first-order chi connectivity index (χ1) is 5.96. The monoisotopic (exact) mass is 200 g/mol. The van der Waals surface area contributed by atoms with Crippen molar-refractivity contribution in [2.75, 3.05) is 0 Å². The van der Waals surface area contributed by atoms with Crippen LogP contribution in [0.4, 0.5) is 0 Å². The van der Waals surface area contributed by atoms with E-state index in [1.165, 1.54) is 11.3 Å². The summed E-state index contributed by atoms with van der Waals surface area (Å²) in [6, 6.07) is 0. The number of thiazole rings is 1. The van der Waals surface area contributed by atoms with Gasteiger partial charge in [0.25, 0.3) is 5.91 Å². The third kappa shape index (κ3) is 2.05. The number of carbonyl (C=O) groups excluding carboxylic acids is 1. The Bertz CT molecular complexity index is 314. The van der Waals surface area contributed by atoms with Crippen LogP contribution in [-0.4, -0.2) is 16.1 Å². The third-order valence-corrected chi connectivity index (χ3v) is 2.41. The summed E-state index contributed by atoms with van der Waals surface area (Å²) in [4.78, 5) is 15.7.